The van der Waals surface area contributed by atoms with Crippen LogP contribution in [0.2, 0.25) is 0 Å². The number of carbonyl (C=O) groups is 1. The zero-order chi connectivity index (χ0) is 18.8. The molecule has 0 saturated heterocycles. The molecule has 1 aromatic heterocycles. The van der Waals surface area contributed by atoms with Gasteiger partial charge in [0.25, 0.3) is 5.88 Å². The highest BCUT2D eigenvalue weighted by atomic mass is 16.6. The Hall–Kier alpha value is -3.16. The first-order chi connectivity index (χ1) is 12.6. The van der Waals surface area contributed by atoms with E-state index in [0.29, 0.717) is 24.5 Å². The number of aromatic nitrogens is 2. The summed E-state index contributed by atoms with van der Waals surface area (Å²) in [6, 6.07) is 0. The van der Waals surface area contributed by atoms with E-state index in [1.54, 1.807) is 19.1 Å². The summed E-state index contributed by atoms with van der Waals surface area (Å²) in [5, 5.41) is 4.05. The van der Waals surface area contributed by atoms with Crippen LogP contribution in [0.1, 0.15) is 25.5 Å². The number of rotatable bonds is 8. The highest BCUT2D eigenvalue weighted by Gasteiger charge is 2.17. The lowest BCUT2D eigenvalue weighted by Crippen LogP contribution is -2.10. The summed E-state index contributed by atoms with van der Waals surface area (Å²) in [5.74, 6) is 0.137. The summed E-state index contributed by atoms with van der Waals surface area (Å²) in [6.07, 6.45) is 10.6. The van der Waals surface area contributed by atoms with Crippen LogP contribution >= 0.6 is 0 Å². The van der Waals surface area contributed by atoms with Gasteiger partial charge in [0.1, 0.15) is 18.7 Å². The number of oxime groups is 1. The largest absolute Gasteiger partial charge is 0.504 e. The predicted molar refractivity (Wildman–Crippen MR) is 94.7 cm³/mol. The van der Waals surface area contributed by atoms with Crippen molar-refractivity contribution in [3.8, 4) is 11.6 Å². The van der Waals surface area contributed by atoms with Crippen molar-refractivity contribution in [3.63, 3.8) is 0 Å². The van der Waals surface area contributed by atoms with Crippen LogP contribution in [0.25, 0.3) is 0 Å². The molecule has 0 aliphatic heterocycles. The lowest BCUT2D eigenvalue weighted by atomic mass is 10.1. The van der Waals surface area contributed by atoms with E-state index in [0.717, 1.165) is 18.2 Å². The predicted octanol–water partition coefficient (Wildman–Crippen LogP) is 2.86. The summed E-state index contributed by atoms with van der Waals surface area (Å²) >= 11 is 0. The molecular weight excluding hydrogens is 338 g/mol. The molecule has 1 aliphatic rings. The van der Waals surface area contributed by atoms with Gasteiger partial charge in [0.2, 0.25) is 5.75 Å². The standard InChI is InChI=1S/C18H21N3O5/c1-4-9-24-21-14-6-5-7-15(11-14)25-18-17(13(2)19-12-20-18)26-16(22)8-10-23-3/h5,7-8,10-12H,4,6,9H2,1-3H3. The molecule has 0 saturated carbocycles. The first-order valence-corrected chi connectivity index (χ1v) is 8.11. The Morgan fingerprint density at radius 2 is 2.23 bits per heavy atom. The minimum atomic E-state index is -0.627. The molecule has 0 N–H and O–H groups in total. The average Bonchev–Trinajstić information content (AvgIpc) is 2.63. The van der Waals surface area contributed by atoms with Gasteiger partial charge in [-0.15, -0.1) is 0 Å². The lowest BCUT2D eigenvalue weighted by Gasteiger charge is -2.13. The molecule has 0 fully saturated rings. The van der Waals surface area contributed by atoms with Crippen LogP contribution < -0.4 is 9.47 Å². The van der Waals surface area contributed by atoms with Crippen LogP contribution in [0.3, 0.4) is 0 Å². The van der Waals surface area contributed by atoms with Gasteiger partial charge in [-0.25, -0.2) is 9.78 Å². The van der Waals surface area contributed by atoms with Crippen molar-refractivity contribution < 1.29 is 23.8 Å². The van der Waals surface area contributed by atoms with E-state index in [1.165, 1.54) is 19.7 Å². The van der Waals surface area contributed by atoms with Crippen LogP contribution in [-0.4, -0.2) is 35.4 Å². The summed E-state index contributed by atoms with van der Waals surface area (Å²) in [5.41, 5.74) is 1.19. The third-order valence-electron chi connectivity index (χ3n) is 3.10. The van der Waals surface area contributed by atoms with Gasteiger partial charge in [-0.2, -0.15) is 4.98 Å². The maximum absolute atomic E-state index is 11.8. The van der Waals surface area contributed by atoms with Crippen LogP contribution in [-0.2, 0) is 14.4 Å². The number of nitrogens with zero attached hydrogens (tertiary/aromatic N) is 3. The smallest absolute Gasteiger partial charge is 0.339 e. The lowest BCUT2D eigenvalue weighted by molar-refractivity contribution is -0.129. The molecule has 0 radical (unpaired) electrons. The average molecular weight is 359 g/mol. The molecule has 0 bridgehead atoms. The highest BCUT2D eigenvalue weighted by molar-refractivity contribution is 5.97. The van der Waals surface area contributed by atoms with E-state index in [4.69, 9.17) is 19.0 Å². The van der Waals surface area contributed by atoms with Gasteiger partial charge < -0.3 is 19.0 Å². The monoisotopic (exact) mass is 359 g/mol. The number of aryl methyl sites for hydroxylation is 1. The highest BCUT2D eigenvalue weighted by Crippen LogP contribution is 2.29. The molecule has 0 atom stereocenters. The number of methoxy groups -OCH3 is 1. The molecule has 1 heterocycles. The maximum Gasteiger partial charge on any atom is 0.339 e. The minimum absolute atomic E-state index is 0.128. The second-order valence-corrected chi connectivity index (χ2v) is 5.22. The Labute approximate surface area is 151 Å². The number of esters is 1. The molecule has 8 nitrogen and oxygen atoms in total. The Kier molecular flexibility index (Phi) is 7.35. The van der Waals surface area contributed by atoms with Crippen LogP contribution in [0, 0.1) is 6.92 Å². The van der Waals surface area contributed by atoms with Crippen molar-refractivity contribution in [2.45, 2.75) is 26.7 Å². The van der Waals surface area contributed by atoms with Crippen LogP contribution in [0.4, 0.5) is 0 Å². The van der Waals surface area contributed by atoms with Gasteiger partial charge >= 0.3 is 5.97 Å². The third kappa shape index (κ3) is 5.73. The van der Waals surface area contributed by atoms with Gasteiger partial charge in [0.15, 0.2) is 0 Å². The van der Waals surface area contributed by atoms with E-state index in [9.17, 15) is 4.79 Å². The molecule has 138 valence electrons. The van der Waals surface area contributed by atoms with E-state index in [-0.39, 0.29) is 11.6 Å². The fourth-order valence-electron chi connectivity index (χ4n) is 1.91. The van der Waals surface area contributed by atoms with Crippen molar-refractivity contribution in [2.24, 2.45) is 5.16 Å². The number of allylic oxidation sites excluding steroid dienone is 3. The number of carbonyl (C=O) groups excluding carboxylic acids is 1. The van der Waals surface area contributed by atoms with E-state index in [2.05, 4.69) is 15.1 Å². The van der Waals surface area contributed by atoms with E-state index in [1.807, 2.05) is 13.0 Å². The number of hydrogen-bond acceptors (Lipinski definition) is 8. The number of hydrogen-bond donors (Lipinski definition) is 0. The molecule has 0 amide bonds. The molecule has 2 rings (SSSR count). The van der Waals surface area contributed by atoms with Crippen LogP contribution in [0.5, 0.6) is 11.6 Å². The molecule has 0 unspecified atom stereocenters. The van der Waals surface area contributed by atoms with E-state index < -0.39 is 5.97 Å². The third-order valence-corrected chi connectivity index (χ3v) is 3.10. The quantitative estimate of drug-likeness (QED) is 0.232. The summed E-state index contributed by atoms with van der Waals surface area (Å²) in [6.45, 7) is 4.25. The topological polar surface area (TPSA) is 92.1 Å². The molecule has 0 aromatic carbocycles. The van der Waals surface area contributed by atoms with Crippen molar-refractivity contribution in [1.82, 2.24) is 9.97 Å². The first-order valence-electron chi connectivity index (χ1n) is 8.11. The minimum Gasteiger partial charge on any atom is -0.504 e. The molecular formula is C18H21N3O5. The Bertz CT molecular complexity index is 753. The van der Waals surface area contributed by atoms with Gasteiger partial charge in [-0.3, -0.25) is 0 Å². The Morgan fingerprint density at radius 3 is 3.00 bits per heavy atom. The SMILES string of the molecule is CCCON=C1C=C(Oc2ncnc(C)c2OC(=O)C=COC)C=CC1. The van der Waals surface area contributed by atoms with Crippen molar-refractivity contribution in [3.05, 3.63) is 48.3 Å². The molecule has 0 spiro atoms. The first kappa shape index (κ1) is 19.2. The second-order valence-electron chi connectivity index (χ2n) is 5.22. The fourth-order valence-corrected chi connectivity index (χ4v) is 1.91. The fraction of sp³-hybridized carbons (Fsp3) is 0.333. The summed E-state index contributed by atoms with van der Waals surface area (Å²) in [4.78, 5) is 25.1. The molecule has 8 heteroatoms. The Morgan fingerprint density at radius 1 is 1.38 bits per heavy atom. The van der Waals surface area contributed by atoms with Crippen molar-refractivity contribution in [2.75, 3.05) is 13.7 Å². The molecule has 1 aromatic rings. The van der Waals surface area contributed by atoms with Gasteiger partial charge in [-0.1, -0.05) is 18.2 Å². The molecule has 26 heavy (non-hydrogen) atoms. The summed E-state index contributed by atoms with van der Waals surface area (Å²) < 4.78 is 15.7. The zero-order valence-corrected chi connectivity index (χ0v) is 15.0. The van der Waals surface area contributed by atoms with Gasteiger partial charge in [0, 0.05) is 12.5 Å². The van der Waals surface area contributed by atoms with E-state index >= 15 is 0 Å². The summed E-state index contributed by atoms with van der Waals surface area (Å²) in [7, 11) is 1.43. The van der Waals surface area contributed by atoms with Gasteiger partial charge in [-0.05, 0) is 19.4 Å². The number of ether oxygens (including phenoxy) is 3. The Balaban J connectivity index is 2.17. The molecule has 1 aliphatic carbocycles. The van der Waals surface area contributed by atoms with Gasteiger partial charge in [0.05, 0.1) is 30.9 Å². The van der Waals surface area contributed by atoms with Crippen LogP contribution in [0.15, 0.2) is 47.8 Å². The maximum atomic E-state index is 11.8. The second kappa shape index (κ2) is 9.97. The van der Waals surface area contributed by atoms with Crippen molar-refractivity contribution in [1.29, 1.82) is 0 Å². The van der Waals surface area contributed by atoms with Crippen molar-refractivity contribution >= 4 is 11.7 Å². The zero-order valence-electron chi connectivity index (χ0n) is 15.0. The normalized spacial score (nSPS) is 15.0.